The third-order valence-electron chi connectivity index (χ3n) is 6.32. The lowest BCUT2D eigenvalue weighted by Gasteiger charge is -2.24. The Morgan fingerprint density at radius 3 is 2.24 bits per heavy atom. The molecule has 0 saturated heterocycles. The summed E-state index contributed by atoms with van der Waals surface area (Å²) in [5.41, 5.74) is 16.7. The maximum Gasteiger partial charge on any atom is 0.239 e. The standard InChI is InChI=1S/C28H42N6OS2.2C2H6/c1-7-10-20(32-27(35)28(3,4)31)11-9-12-24-23(17-29)22(8-2)25(30)26(33-24)37-18-19-13-15-21(16-14-19)34(5)36-6;2*1-2/h13-16,20H,7-12,18,30-31H2,1-6H3,(H,32,35);2*1-2H3. The van der Waals surface area contributed by atoms with E-state index in [1.54, 1.807) is 37.6 Å². The van der Waals surface area contributed by atoms with Crippen LogP contribution in [0.5, 0.6) is 0 Å². The van der Waals surface area contributed by atoms with Crippen molar-refractivity contribution in [2.45, 2.75) is 116 Å². The highest BCUT2D eigenvalue weighted by Gasteiger charge is 2.24. The number of nitrogens with one attached hydrogen (secondary N) is 1. The summed E-state index contributed by atoms with van der Waals surface area (Å²) in [5, 5.41) is 13.8. The first-order chi connectivity index (χ1) is 19.5. The molecule has 1 heterocycles. The highest BCUT2D eigenvalue weighted by molar-refractivity contribution is 7.99. The normalized spacial score (nSPS) is 11.3. The van der Waals surface area contributed by atoms with E-state index in [4.69, 9.17) is 16.5 Å². The number of nitrogens with two attached hydrogens (primary N) is 2. The number of anilines is 2. The van der Waals surface area contributed by atoms with Gasteiger partial charge in [-0.3, -0.25) is 4.79 Å². The predicted octanol–water partition coefficient (Wildman–Crippen LogP) is 7.50. The van der Waals surface area contributed by atoms with Crippen molar-refractivity contribution in [2.75, 3.05) is 23.3 Å². The fraction of sp³-hybridized carbons (Fsp3) is 0.594. The van der Waals surface area contributed by atoms with Crippen LogP contribution in [0.15, 0.2) is 29.3 Å². The fourth-order valence-electron chi connectivity index (χ4n) is 4.05. The Balaban J connectivity index is 0.00000382. The molecule has 1 atom stereocenters. The van der Waals surface area contributed by atoms with E-state index < -0.39 is 5.54 Å². The van der Waals surface area contributed by atoms with Crippen molar-refractivity contribution >= 4 is 41.0 Å². The number of hydrogen-bond donors (Lipinski definition) is 3. The molecule has 0 fully saturated rings. The summed E-state index contributed by atoms with van der Waals surface area (Å²) < 4.78 is 2.12. The molecule has 9 heteroatoms. The van der Waals surface area contributed by atoms with Crippen molar-refractivity contribution in [1.29, 1.82) is 5.26 Å². The molecule has 230 valence electrons. The number of pyridine rings is 1. The van der Waals surface area contributed by atoms with Crippen molar-refractivity contribution in [3.63, 3.8) is 0 Å². The lowest BCUT2D eigenvalue weighted by molar-refractivity contribution is -0.126. The van der Waals surface area contributed by atoms with E-state index in [-0.39, 0.29) is 11.9 Å². The van der Waals surface area contributed by atoms with Gasteiger partial charge in [-0.05, 0) is 69.2 Å². The van der Waals surface area contributed by atoms with Crippen LogP contribution in [0, 0.1) is 11.3 Å². The fourth-order valence-corrected chi connectivity index (χ4v) is 5.33. The van der Waals surface area contributed by atoms with Gasteiger partial charge in [0.1, 0.15) is 11.1 Å². The molecule has 0 radical (unpaired) electrons. The summed E-state index contributed by atoms with van der Waals surface area (Å²) in [6.07, 6.45) is 6.83. The number of hydrogen-bond acceptors (Lipinski definition) is 8. The average molecular weight is 603 g/mol. The number of aryl methyl sites for hydroxylation is 1. The largest absolute Gasteiger partial charge is 0.396 e. The van der Waals surface area contributed by atoms with E-state index in [9.17, 15) is 10.1 Å². The number of rotatable bonds is 14. The van der Waals surface area contributed by atoms with Crippen LogP contribution >= 0.6 is 23.7 Å². The van der Waals surface area contributed by atoms with Gasteiger partial charge >= 0.3 is 0 Å². The lowest BCUT2D eigenvalue weighted by atomic mass is 9.97. The van der Waals surface area contributed by atoms with Crippen LogP contribution in [0.2, 0.25) is 0 Å². The third kappa shape index (κ3) is 12.6. The number of carbonyl (C=O) groups is 1. The molecule has 41 heavy (non-hydrogen) atoms. The van der Waals surface area contributed by atoms with Crippen molar-refractivity contribution in [2.24, 2.45) is 5.73 Å². The maximum absolute atomic E-state index is 12.4. The van der Waals surface area contributed by atoms with E-state index in [2.05, 4.69) is 46.9 Å². The zero-order valence-electron chi connectivity index (χ0n) is 27.1. The molecule has 0 aliphatic carbocycles. The number of carbonyl (C=O) groups excluding carboxylic acids is 1. The Labute approximate surface area is 258 Å². The Bertz CT molecular complexity index is 1080. The maximum atomic E-state index is 12.4. The number of benzene rings is 1. The molecule has 1 amide bonds. The van der Waals surface area contributed by atoms with Gasteiger partial charge in [0, 0.05) is 30.8 Å². The summed E-state index contributed by atoms with van der Waals surface area (Å²) in [6.45, 7) is 15.6. The third-order valence-corrected chi connectivity index (χ3v) is 8.14. The molecule has 1 unspecified atom stereocenters. The second-order valence-electron chi connectivity index (χ2n) is 9.80. The van der Waals surface area contributed by atoms with Gasteiger partial charge in [0.2, 0.25) is 5.91 Å². The molecule has 0 aliphatic rings. The van der Waals surface area contributed by atoms with Gasteiger partial charge in [-0.15, -0.1) is 0 Å². The Hall–Kier alpha value is -2.41. The molecule has 0 bridgehead atoms. The minimum Gasteiger partial charge on any atom is -0.396 e. The van der Waals surface area contributed by atoms with Gasteiger partial charge in [-0.25, -0.2) is 4.98 Å². The quantitative estimate of drug-likeness (QED) is 0.150. The number of aromatic nitrogens is 1. The second-order valence-corrected chi connectivity index (χ2v) is 11.7. The van der Waals surface area contributed by atoms with Crippen LogP contribution < -0.4 is 21.1 Å². The van der Waals surface area contributed by atoms with Gasteiger partial charge in [0.05, 0.1) is 22.5 Å². The second kappa shape index (κ2) is 20.5. The van der Waals surface area contributed by atoms with Crippen molar-refractivity contribution in [3.8, 4) is 6.07 Å². The Morgan fingerprint density at radius 1 is 1.15 bits per heavy atom. The molecule has 0 spiro atoms. The summed E-state index contributed by atoms with van der Waals surface area (Å²) in [5.74, 6) is 0.600. The molecule has 2 aromatic rings. The first-order valence-corrected chi connectivity index (χ1v) is 17.0. The van der Waals surface area contributed by atoms with E-state index in [1.165, 1.54) is 5.56 Å². The summed E-state index contributed by atoms with van der Waals surface area (Å²) in [6, 6.07) is 10.9. The first kappa shape index (κ1) is 38.6. The number of amides is 1. The molecular weight excluding hydrogens is 549 g/mol. The van der Waals surface area contributed by atoms with Gasteiger partial charge < -0.3 is 21.1 Å². The number of nitrogen functional groups attached to an aromatic ring is 1. The van der Waals surface area contributed by atoms with Crippen molar-refractivity contribution < 1.29 is 4.79 Å². The lowest BCUT2D eigenvalue weighted by Crippen LogP contribution is -2.52. The molecular formula is C32H54N6OS2. The van der Waals surface area contributed by atoms with E-state index in [1.807, 2.05) is 47.9 Å². The molecule has 1 aromatic heterocycles. The van der Waals surface area contributed by atoms with Crippen LogP contribution in [0.4, 0.5) is 11.4 Å². The highest BCUT2D eigenvalue weighted by atomic mass is 32.2. The van der Waals surface area contributed by atoms with Crippen LogP contribution in [-0.4, -0.2) is 35.8 Å². The topological polar surface area (TPSA) is 121 Å². The predicted molar refractivity (Wildman–Crippen MR) is 181 cm³/mol. The van der Waals surface area contributed by atoms with Crippen molar-refractivity contribution in [3.05, 3.63) is 46.6 Å². The Morgan fingerprint density at radius 2 is 1.76 bits per heavy atom. The number of nitriles is 1. The average Bonchev–Trinajstić information content (AvgIpc) is 2.98. The zero-order chi connectivity index (χ0) is 31.6. The van der Waals surface area contributed by atoms with Crippen LogP contribution in [-0.2, 0) is 23.4 Å². The summed E-state index contributed by atoms with van der Waals surface area (Å²) in [7, 11) is 2.04. The monoisotopic (exact) mass is 602 g/mol. The summed E-state index contributed by atoms with van der Waals surface area (Å²) in [4.78, 5) is 17.3. The van der Waals surface area contributed by atoms with Crippen LogP contribution in [0.25, 0.3) is 0 Å². The van der Waals surface area contributed by atoms with E-state index in [0.717, 1.165) is 53.4 Å². The van der Waals surface area contributed by atoms with Gasteiger partial charge in [0.25, 0.3) is 0 Å². The van der Waals surface area contributed by atoms with E-state index in [0.29, 0.717) is 24.1 Å². The van der Waals surface area contributed by atoms with Gasteiger partial charge in [-0.1, -0.05) is 83.8 Å². The molecule has 1 aromatic carbocycles. The minimum absolute atomic E-state index is 0.0484. The molecule has 0 aliphatic heterocycles. The zero-order valence-corrected chi connectivity index (χ0v) is 28.7. The SMILES string of the molecule is CC.CC.CCCC(CCCc1nc(SCc2ccc(N(C)SC)cc2)c(N)c(CC)c1C#N)NC(=O)C(C)(C)N. The molecule has 2 rings (SSSR count). The van der Waals surface area contributed by atoms with Gasteiger partial charge in [-0.2, -0.15) is 5.26 Å². The number of nitrogens with zero attached hydrogens (tertiary/aromatic N) is 3. The molecule has 0 saturated carbocycles. The van der Waals surface area contributed by atoms with Crippen LogP contribution in [0.3, 0.4) is 0 Å². The molecule has 5 N–H and O–H groups in total. The molecule has 7 nitrogen and oxygen atoms in total. The minimum atomic E-state index is -0.911. The van der Waals surface area contributed by atoms with Crippen LogP contribution in [0.1, 0.15) is 103 Å². The van der Waals surface area contributed by atoms with Crippen molar-refractivity contribution in [1.82, 2.24) is 10.3 Å². The van der Waals surface area contributed by atoms with E-state index >= 15 is 0 Å². The highest BCUT2D eigenvalue weighted by Crippen LogP contribution is 2.33. The summed E-state index contributed by atoms with van der Waals surface area (Å²) >= 11 is 3.28. The smallest absolute Gasteiger partial charge is 0.239 e. The first-order valence-electron chi connectivity index (χ1n) is 14.9. The Kier molecular flexibility index (Phi) is 19.3. The van der Waals surface area contributed by atoms with Gasteiger partial charge in [0.15, 0.2) is 0 Å². The number of thioether (sulfide) groups is 1.